The highest BCUT2D eigenvalue weighted by atomic mass is 16.5. The summed E-state index contributed by atoms with van der Waals surface area (Å²) in [6.07, 6.45) is 8.25. The molecule has 1 aromatic carbocycles. The largest absolute Gasteiger partial charge is 0.497 e. The van der Waals surface area contributed by atoms with E-state index in [4.69, 9.17) is 14.2 Å². The van der Waals surface area contributed by atoms with E-state index in [-0.39, 0.29) is 11.3 Å². The predicted molar refractivity (Wildman–Crippen MR) is 106 cm³/mol. The number of ether oxygens (including phenoxy) is 3. The molecule has 1 unspecified atom stereocenters. The van der Waals surface area contributed by atoms with Crippen molar-refractivity contribution in [3.05, 3.63) is 71.0 Å². The fraction of sp³-hybridized carbons (Fsp3) is 0.227. The molecule has 6 heteroatoms. The molecule has 1 aromatic rings. The topological polar surface area (TPSA) is 82.1 Å². The number of methoxy groups -OCH3 is 3. The Labute approximate surface area is 163 Å². The summed E-state index contributed by atoms with van der Waals surface area (Å²) in [4.78, 5) is 23.1. The molecule has 0 aliphatic heterocycles. The number of carbonyl (C=O) groups excluding carboxylic acids is 1. The van der Waals surface area contributed by atoms with Crippen LogP contribution in [0.5, 0.6) is 11.5 Å². The Morgan fingerprint density at radius 3 is 2.25 bits per heavy atom. The molecule has 146 valence electrons. The van der Waals surface area contributed by atoms with E-state index < -0.39 is 11.9 Å². The first kappa shape index (κ1) is 20.8. The van der Waals surface area contributed by atoms with Crippen LogP contribution in [0.15, 0.2) is 65.5 Å². The summed E-state index contributed by atoms with van der Waals surface area (Å²) in [7, 11) is 4.47. The molecular formula is C22H22O6. The third kappa shape index (κ3) is 4.61. The maximum Gasteiger partial charge on any atom is 0.339 e. The molecule has 1 N–H and O–H groups in total. The predicted octanol–water partition coefficient (Wildman–Crippen LogP) is 3.59. The molecule has 0 saturated carbocycles. The summed E-state index contributed by atoms with van der Waals surface area (Å²) in [5.41, 5.74) is 1.56. The average Bonchev–Trinajstić information content (AvgIpc) is 2.72. The molecule has 2 rings (SSSR count). The first-order valence-electron chi connectivity index (χ1n) is 8.48. The van der Waals surface area contributed by atoms with Gasteiger partial charge in [0.25, 0.3) is 0 Å². The molecule has 0 spiro atoms. The molecule has 28 heavy (non-hydrogen) atoms. The summed E-state index contributed by atoms with van der Waals surface area (Å²) in [6.45, 7) is 1.75. The van der Waals surface area contributed by atoms with E-state index >= 15 is 0 Å². The first-order valence-corrected chi connectivity index (χ1v) is 8.48. The molecule has 0 bridgehead atoms. The van der Waals surface area contributed by atoms with E-state index in [1.165, 1.54) is 27.4 Å². The smallest absolute Gasteiger partial charge is 0.339 e. The Balaban J connectivity index is 2.62. The summed E-state index contributed by atoms with van der Waals surface area (Å²) in [5, 5.41) is 9.78. The lowest BCUT2D eigenvalue weighted by Gasteiger charge is -2.16. The van der Waals surface area contributed by atoms with Gasteiger partial charge in [-0.25, -0.2) is 9.59 Å². The molecule has 0 aromatic heterocycles. The van der Waals surface area contributed by atoms with Crippen LogP contribution in [-0.2, 0) is 14.3 Å². The summed E-state index contributed by atoms with van der Waals surface area (Å²) in [5.74, 6) is 1.48. The van der Waals surface area contributed by atoms with Crippen molar-refractivity contribution in [1.82, 2.24) is 0 Å². The second-order valence-electron chi connectivity index (χ2n) is 5.97. The Kier molecular flexibility index (Phi) is 7.02. The van der Waals surface area contributed by atoms with Crippen molar-refractivity contribution in [1.29, 1.82) is 0 Å². The van der Waals surface area contributed by atoms with Crippen molar-refractivity contribution < 1.29 is 28.9 Å². The Bertz CT molecular complexity index is 904. The zero-order chi connectivity index (χ0) is 20.7. The average molecular weight is 382 g/mol. The van der Waals surface area contributed by atoms with Crippen molar-refractivity contribution in [2.24, 2.45) is 5.92 Å². The van der Waals surface area contributed by atoms with Crippen molar-refractivity contribution >= 4 is 17.5 Å². The minimum Gasteiger partial charge on any atom is -0.497 e. The number of hydrogen-bond donors (Lipinski definition) is 1. The van der Waals surface area contributed by atoms with Gasteiger partial charge in [0.05, 0.1) is 26.9 Å². The second-order valence-corrected chi connectivity index (χ2v) is 5.97. The van der Waals surface area contributed by atoms with Crippen LogP contribution in [0.2, 0.25) is 0 Å². The minimum absolute atomic E-state index is 0.0560. The van der Waals surface area contributed by atoms with Crippen LogP contribution in [0.1, 0.15) is 12.5 Å². The van der Waals surface area contributed by atoms with Crippen LogP contribution in [0.3, 0.4) is 0 Å². The fourth-order valence-corrected chi connectivity index (χ4v) is 2.85. The van der Waals surface area contributed by atoms with E-state index in [0.29, 0.717) is 28.2 Å². The van der Waals surface area contributed by atoms with Gasteiger partial charge in [-0.15, -0.1) is 0 Å². The summed E-state index contributed by atoms with van der Waals surface area (Å²) in [6, 6.07) is 5.24. The van der Waals surface area contributed by atoms with Gasteiger partial charge in [0.2, 0.25) is 0 Å². The lowest BCUT2D eigenvalue weighted by atomic mass is 9.92. The van der Waals surface area contributed by atoms with Gasteiger partial charge in [0.1, 0.15) is 23.2 Å². The van der Waals surface area contributed by atoms with Gasteiger partial charge < -0.3 is 19.3 Å². The summed E-state index contributed by atoms with van der Waals surface area (Å²) >= 11 is 0. The van der Waals surface area contributed by atoms with Crippen molar-refractivity contribution in [2.75, 3.05) is 21.3 Å². The van der Waals surface area contributed by atoms with E-state index in [2.05, 4.69) is 0 Å². The fourth-order valence-electron chi connectivity index (χ4n) is 2.85. The molecule has 1 aliphatic carbocycles. The highest BCUT2D eigenvalue weighted by Crippen LogP contribution is 2.32. The Hall–Kier alpha value is -3.50. The van der Waals surface area contributed by atoms with E-state index in [0.717, 1.165) is 0 Å². The molecule has 0 amide bonds. The summed E-state index contributed by atoms with van der Waals surface area (Å²) < 4.78 is 16.0. The molecule has 0 fully saturated rings. The van der Waals surface area contributed by atoms with Gasteiger partial charge in [-0.2, -0.15) is 0 Å². The van der Waals surface area contributed by atoms with Gasteiger partial charge in [0.15, 0.2) is 0 Å². The SMILES string of the molecule is COC(C(=CC1C=CC=CC1=C=O)C(=O)O)=C(C)c1cc(OC)cc(OC)c1. The monoisotopic (exact) mass is 382 g/mol. The van der Waals surface area contributed by atoms with E-state index in [1.54, 1.807) is 49.4 Å². The van der Waals surface area contributed by atoms with Gasteiger partial charge in [-0.3, -0.25) is 0 Å². The number of carboxylic acids is 1. The zero-order valence-electron chi connectivity index (χ0n) is 16.2. The number of rotatable bonds is 7. The molecule has 0 heterocycles. The van der Waals surface area contributed by atoms with Crippen molar-refractivity contribution in [2.45, 2.75) is 6.92 Å². The lowest BCUT2D eigenvalue weighted by Crippen LogP contribution is -2.11. The third-order valence-electron chi connectivity index (χ3n) is 4.33. The number of aliphatic carboxylic acids is 1. The molecule has 1 aliphatic rings. The third-order valence-corrected chi connectivity index (χ3v) is 4.33. The Morgan fingerprint density at radius 1 is 1.11 bits per heavy atom. The van der Waals surface area contributed by atoms with Crippen LogP contribution in [-0.4, -0.2) is 38.3 Å². The highest BCUT2D eigenvalue weighted by Gasteiger charge is 2.22. The molecule has 0 saturated heterocycles. The molecule has 0 radical (unpaired) electrons. The number of carboxylic acid groups (broad SMARTS) is 1. The number of allylic oxidation sites excluding steroid dienone is 7. The van der Waals surface area contributed by atoms with Crippen LogP contribution >= 0.6 is 0 Å². The minimum atomic E-state index is -1.17. The van der Waals surface area contributed by atoms with Crippen LogP contribution in [0, 0.1) is 5.92 Å². The number of benzene rings is 1. The van der Waals surface area contributed by atoms with Crippen LogP contribution in [0.25, 0.3) is 5.57 Å². The second kappa shape index (κ2) is 9.44. The van der Waals surface area contributed by atoms with Gasteiger partial charge >= 0.3 is 5.97 Å². The molecular weight excluding hydrogens is 360 g/mol. The van der Waals surface area contributed by atoms with Crippen LogP contribution < -0.4 is 9.47 Å². The quantitative estimate of drug-likeness (QED) is 0.336. The van der Waals surface area contributed by atoms with Gasteiger partial charge in [-0.1, -0.05) is 24.3 Å². The Morgan fingerprint density at radius 2 is 1.75 bits per heavy atom. The van der Waals surface area contributed by atoms with Crippen molar-refractivity contribution in [3.8, 4) is 11.5 Å². The number of hydrogen-bond acceptors (Lipinski definition) is 5. The van der Waals surface area contributed by atoms with Gasteiger partial charge in [-0.05, 0) is 36.3 Å². The maximum absolute atomic E-state index is 12.0. The number of carbonyl (C=O) groups is 1. The zero-order valence-corrected chi connectivity index (χ0v) is 16.2. The molecule has 6 nitrogen and oxygen atoms in total. The van der Waals surface area contributed by atoms with E-state index in [1.807, 2.05) is 5.94 Å². The standard InChI is InChI=1S/C22H22O6/c1-14(17-9-18(26-2)12-19(10-17)27-3)21(28-4)20(22(24)25)11-15-7-5-6-8-16(15)13-23/h5-12,15H,1-4H3,(H,24,25). The molecule has 1 atom stereocenters. The normalized spacial score (nSPS) is 16.9. The lowest BCUT2D eigenvalue weighted by molar-refractivity contribution is -0.132. The van der Waals surface area contributed by atoms with Gasteiger partial charge in [0, 0.05) is 17.6 Å². The van der Waals surface area contributed by atoms with Crippen molar-refractivity contribution in [3.63, 3.8) is 0 Å². The maximum atomic E-state index is 12.0. The highest BCUT2D eigenvalue weighted by molar-refractivity contribution is 5.94. The van der Waals surface area contributed by atoms with E-state index in [9.17, 15) is 14.7 Å². The first-order chi connectivity index (χ1) is 13.4. The van der Waals surface area contributed by atoms with Crippen LogP contribution in [0.4, 0.5) is 0 Å².